The van der Waals surface area contributed by atoms with E-state index in [1.807, 2.05) is 47.3 Å². The minimum atomic E-state index is -4.33. The summed E-state index contributed by atoms with van der Waals surface area (Å²) in [6.45, 7) is 2.18. The lowest BCUT2D eigenvalue weighted by atomic mass is 10.2. The summed E-state index contributed by atoms with van der Waals surface area (Å²) in [5, 5.41) is 0. The fourth-order valence-corrected chi connectivity index (χ4v) is 3.48. The molecule has 2 aromatic carbocycles. The number of ether oxygens (including phenoxy) is 2. The molecule has 152 valence electrons. The molecule has 0 saturated carbocycles. The molecule has 0 bridgehead atoms. The molecule has 1 atom stereocenters. The highest BCUT2D eigenvalue weighted by Gasteiger charge is 2.30. The van der Waals surface area contributed by atoms with Crippen LogP contribution < -0.4 is 4.74 Å². The van der Waals surface area contributed by atoms with E-state index in [9.17, 15) is 13.2 Å². The van der Waals surface area contributed by atoms with Gasteiger partial charge in [0.2, 0.25) is 0 Å². The standard InChI is InChI=1S/C22H21F3N2O2/c1-28-20-8-2-16(3-9-20)14-27-12-13-29-21(27)17-10-11-26(15-17)19-6-4-18(5-7-19)22(23,24)25/h2-11,15,21H,12-14H2,1H3/t21-/m0/s1. The van der Waals surface area contributed by atoms with Crippen LogP contribution in [0.5, 0.6) is 5.75 Å². The SMILES string of the molecule is COc1ccc(CN2CCO[C@H]2c2ccn(-c3ccc(C(F)(F)F)cc3)c2)cc1. The second-order valence-corrected chi connectivity index (χ2v) is 6.94. The van der Waals surface area contributed by atoms with Crippen molar-refractivity contribution < 1.29 is 22.6 Å². The summed E-state index contributed by atoms with van der Waals surface area (Å²) in [5.74, 6) is 0.816. The molecule has 3 aromatic rings. The molecule has 1 saturated heterocycles. The number of halogens is 3. The van der Waals surface area contributed by atoms with E-state index in [0.29, 0.717) is 12.3 Å². The van der Waals surface area contributed by atoms with Crippen LogP contribution in [0.15, 0.2) is 67.0 Å². The smallest absolute Gasteiger partial charge is 0.416 e. The Labute approximate surface area is 167 Å². The van der Waals surface area contributed by atoms with Crippen LogP contribution in [0.3, 0.4) is 0 Å². The van der Waals surface area contributed by atoms with E-state index in [4.69, 9.17) is 9.47 Å². The molecular formula is C22H21F3N2O2. The van der Waals surface area contributed by atoms with E-state index in [0.717, 1.165) is 42.1 Å². The Morgan fingerprint density at radius 2 is 1.76 bits per heavy atom. The van der Waals surface area contributed by atoms with Gasteiger partial charge >= 0.3 is 6.18 Å². The van der Waals surface area contributed by atoms with Gasteiger partial charge in [-0.25, -0.2) is 0 Å². The summed E-state index contributed by atoms with van der Waals surface area (Å²) in [6.07, 6.45) is -0.780. The van der Waals surface area contributed by atoms with Crippen molar-refractivity contribution in [2.75, 3.05) is 20.3 Å². The number of rotatable bonds is 5. The average Bonchev–Trinajstić information content (AvgIpc) is 3.37. The van der Waals surface area contributed by atoms with Crippen LogP contribution in [-0.4, -0.2) is 29.7 Å². The Balaban J connectivity index is 1.49. The number of hydrogen-bond donors (Lipinski definition) is 0. The van der Waals surface area contributed by atoms with Gasteiger partial charge in [-0.2, -0.15) is 13.2 Å². The molecule has 0 N–H and O–H groups in total. The molecule has 0 amide bonds. The lowest BCUT2D eigenvalue weighted by Gasteiger charge is -2.22. The van der Waals surface area contributed by atoms with Crippen LogP contribution in [0, 0.1) is 0 Å². The topological polar surface area (TPSA) is 26.6 Å². The van der Waals surface area contributed by atoms with Gasteiger partial charge in [0.1, 0.15) is 12.0 Å². The minimum absolute atomic E-state index is 0.187. The van der Waals surface area contributed by atoms with Crippen LogP contribution in [0.2, 0.25) is 0 Å². The quantitative estimate of drug-likeness (QED) is 0.599. The first-order valence-electron chi connectivity index (χ1n) is 9.28. The first-order chi connectivity index (χ1) is 13.9. The Morgan fingerprint density at radius 1 is 1.03 bits per heavy atom. The van der Waals surface area contributed by atoms with Gasteiger partial charge in [0.15, 0.2) is 0 Å². The number of hydrogen-bond acceptors (Lipinski definition) is 3. The van der Waals surface area contributed by atoms with Crippen LogP contribution in [-0.2, 0) is 17.5 Å². The van der Waals surface area contributed by atoms with Crippen molar-refractivity contribution in [2.24, 2.45) is 0 Å². The Kier molecular flexibility index (Phi) is 5.34. The van der Waals surface area contributed by atoms with Crippen molar-refractivity contribution in [3.63, 3.8) is 0 Å². The predicted octanol–water partition coefficient (Wildman–Crippen LogP) is 5.04. The first-order valence-corrected chi connectivity index (χ1v) is 9.28. The van der Waals surface area contributed by atoms with Gasteiger partial charge < -0.3 is 14.0 Å². The highest BCUT2D eigenvalue weighted by molar-refractivity contribution is 5.37. The number of aromatic nitrogens is 1. The van der Waals surface area contributed by atoms with E-state index in [2.05, 4.69) is 4.90 Å². The third-order valence-corrected chi connectivity index (χ3v) is 5.02. The molecule has 0 aliphatic carbocycles. The Hall–Kier alpha value is -2.77. The molecule has 29 heavy (non-hydrogen) atoms. The van der Waals surface area contributed by atoms with E-state index in [-0.39, 0.29) is 6.23 Å². The molecule has 2 heterocycles. The number of alkyl halides is 3. The van der Waals surface area contributed by atoms with Crippen molar-refractivity contribution in [1.82, 2.24) is 9.47 Å². The molecule has 1 aliphatic heterocycles. The zero-order valence-corrected chi connectivity index (χ0v) is 15.9. The van der Waals surface area contributed by atoms with Crippen molar-refractivity contribution in [2.45, 2.75) is 18.9 Å². The van der Waals surface area contributed by atoms with E-state index < -0.39 is 11.7 Å². The Bertz CT molecular complexity index is 949. The number of methoxy groups -OCH3 is 1. The molecule has 0 spiro atoms. The second-order valence-electron chi connectivity index (χ2n) is 6.94. The highest BCUT2D eigenvalue weighted by Crippen LogP contribution is 2.31. The van der Waals surface area contributed by atoms with Crippen LogP contribution in [0.25, 0.3) is 5.69 Å². The first kappa shape index (κ1) is 19.5. The van der Waals surface area contributed by atoms with Gasteiger partial charge in [0.05, 0.1) is 19.3 Å². The molecule has 1 fully saturated rings. The van der Waals surface area contributed by atoms with Gasteiger partial charge in [-0.15, -0.1) is 0 Å². The van der Waals surface area contributed by atoms with E-state index >= 15 is 0 Å². The third kappa shape index (κ3) is 4.31. The second kappa shape index (κ2) is 7.93. The van der Waals surface area contributed by atoms with Crippen LogP contribution in [0.1, 0.15) is 22.9 Å². The molecule has 1 aromatic heterocycles. The fraction of sp³-hybridized carbons (Fsp3) is 0.273. The Morgan fingerprint density at radius 3 is 2.41 bits per heavy atom. The summed E-state index contributed by atoms with van der Waals surface area (Å²) in [5.41, 5.74) is 2.14. The maximum atomic E-state index is 12.8. The predicted molar refractivity (Wildman–Crippen MR) is 103 cm³/mol. The van der Waals surface area contributed by atoms with Gasteiger partial charge in [-0.3, -0.25) is 4.90 Å². The summed E-state index contributed by atoms with van der Waals surface area (Å²) in [4.78, 5) is 2.23. The number of benzene rings is 2. The van der Waals surface area contributed by atoms with Gasteiger partial charge in [-0.1, -0.05) is 12.1 Å². The van der Waals surface area contributed by atoms with E-state index in [1.165, 1.54) is 12.1 Å². The summed E-state index contributed by atoms with van der Waals surface area (Å²) >= 11 is 0. The maximum Gasteiger partial charge on any atom is 0.416 e. The monoisotopic (exact) mass is 402 g/mol. The third-order valence-electron chi connectivity index (χ3n) is 5.02. The van der Waals surface area contributed by atoms with Crippen molar-refractivity contribution in [1.29, 1.82) is 0 Å². The zero-order chi connectivity index (χ0) is 20.4. The molecule has 4 nitrogen and oxygen atoms in total. The molecule has 0 unspecified atom stereocenters. The summed E-state index contributed by atoms with van der Waals surface area (Å²) < 4.78 is 51.2. The van der Waals surface area contributed by atoms with Crippen LogP contribution in [0.4, 0.5) is 13.2 Å². The molecule has 1 aliphatic rings. The van der Waals surface area contributed by atoms with Gasteiger partial charge in [-0.05, 0) is 48.0 Å². The summed E-state index contributed by atoms with van der Waals surface area (Å²) in [6, 6.07) is 15.0. The minimum Gasteiger partial charge on any atom is -0.497 e. The number of nitrogens with zero attached hydrogens (tertiary/aromatic N) is 2. The van der Waals surface area contributed by atoms with Crippen LogP contribution >= 0.6 is 0 Å². The fourth-order valence-electron chi connectivity index (χ4n) is 3.48. The largest absolute Gasteiger partial charge is 0.497 e. The van der Waals surface area contributed by atoms with Gasteiger partial charge in [0, 0.05) is 36.7 Å². The van der Waals surface area contributed by atoms with Crippen molar-refractivity contribution >= 4 is 0 Å². The van der Waals surface area contributed by atoms with Gasteiger partial charge in [0.25, 0.3) is 0 Å². The van der Waals surface area contributed by atoms with Crippen molar-refractivity contribution in [3.8, 4) is 11.4 Å². The molecule has 7 heteroatoms. The van der Waals surface area contributed by atoms with Crippen molar-refractivity contribution in [3.05, 3.63) is 83.7 Å². The zero-order valence-electron chi connectivity index (χ0n) is 15.9. The molecule has 4 rings (SSSR count). The maximum absolute atomic E-state index is 12.8. The lowest BCUT2D eigenvalue weighted by Crippen LogP contribution is -2.23. The normalized spacial score (nSPS) is 17.6. The summed E-state index contributed by atoms with van der Waals surface area (Å²) in [7, 11) is 1.64. The average molecular weight is 402 g/mol. The molecular weight excluding hydrogens is 381 g/mol. The van der Waals surface area contributed by atoms with E-state index in [1.54, 1.807) is 7.11 Å². The molecule has 0 radical (unpaired) electrons. The lowest BCUT2D eigenvalue weighted by molar-refractivity contribution is -0.137. The highest BCUT2D eigenvalue weighted by atomic mass is 19.4.